The fourth-order valence-corrected chi connectivity index (χ4v) is 2.25. The largest absolute Gasteiger partial charge is 0.466 e. The van der Waals surface area contributed by atoms with Crippen LogP contribution in [0.4, 0.5) is 0 Å². The molecule has 0 spiro atoms. The molecule has 0 saturated heterocycles. The molecule has 0 saturated carbocycles. The summed E-state index contributed by atoms with van der Waals surface area (Å²) >= 11 is 3.38. The fourth-order valence-electron chi connectivity index (χ4n) is 1.86. The van der Waals surface area contributed by atoms with Gasteiger partial charge in [0.1, 0.15) is 0 Å². The van der Waals surface area contributed by atoms with Crippen LogP contribution in [0.3, 0.4) is 0 Å². The lowest BCUT2D eigenvalue weighted by Gasteiger charge is -2.04. The Morgan fingerprint density at radius 3 is 2.17 bits per heavy atom. The first kappa shape index (κ1) is 17.9. The van der Waals surface area contributed by atoms with Gasteiger partial charge in [-0.3, -0.25) is 4.79 Å². The molecule has 2 nitrogen and oxygen atoms in total. The van der Waals surface area contributed by atoms with E-state index in [0.29, 0.717) is 13.0 Å². The Balaban J connectivity index is 3.10. The third-order valence-corrected chi connectivity index (χ3v) is 3.59. The first-order chi connectivity index (χ1) is 8.81. The minimum Gasteiger partial charge on any atom is -0.466 e. The van der Waals surface area contributed by atoms with Gasteiger partial charge in [0.25, 0.3) is 0 Å². The standard InChI is InChI=1S/C15H29BrO2/c1-2-3-4-5-6-7-11-14-18-15(17)12-9-8-10-13-16/h2-14H2,1H3. The van der Waals surface area contributed by atoms with Crippen LogP contribution in [0.15, 0.2) is 0 Å². The maximum Gasteiger partial charge on any atom is 0.305 e. The molecule has 108 valence electrons. The van der Waals surface area contributed by atoms with E-state index < -0.39 is 0 Å². The van der Waals surface area contributed by atoms with Crippen molar-refractivity contribution in [1.82, 2.24) is 0 Å². The van der Waals surface area contributed by atoms with Gasteiger partial charge in [0.05, 0.1) is 6.61 Å². The van der Waals surface area contributed by atoms with Crippen LogP contribution in [-0.4, -0.2) is 17.9 Å². The Morgan fingerprint density at radius 2 is 1.50 bits per heavy atom. The molecule has 0 aromatic carbocycles. The Kier molecular flexibility index (Phi) is 15.0. The van der Waals surface area contributed by atoms with E-state index in [9.17, 15) is 4.79 Å². The third kappa shape index (κ3) is 14.0. The van der Waals surface area contributed by atoms with E-state index >= 15 is 0 Å². The van der Waals surface area contributed by atoms with Crippen LogP contribution in [0.2, 0.25) is 0 Å². The zero-order valence-corrected chi connectivity index (χ0v) is 13.5. The van der Waals surface area contributed by atoms with E-state index in [2.05, 4.69) is 22.9 Å². The number of rotatable bonds is 13. The normalized spacial score (nSPS) is 10.6. The van der Waals surface area contributed by atoms with E-state index in [1.807, 2.05) is 0 Å². The molecule has 0 rings (SSSR count). The Hall–Kier alpha value is -0.0500. The Bertz CT molecular complexity index is 183. The number of hydrogen-bond acceptors (Lipinski definition) is 2. The van der Waals surface area contributed by atoms with Crippen LogP contribution in [0, 0.1) is 0 Å². The van der Waals surface area contributed by atoms with Crippen molar-refractivity contribution in [2.45, 2.75) is 77.6 Å². The first-order valence-corrected chi connectivity index (χ1v) is 8.65. The third-order valence-electron chi connectivity index (χ3n) is 3.03. The molecule has 0 fully saturated rings. The molecule has 3 heteroatoms. The molecular formula is C15H29BrO2. The summed E-state index contributed by atoms with van der Waals surface area (Å²) in [5, 5.41) is 1.03. The van der Waals surface area contributed by atoms with Crippen molar-refractivity contribution in [3.8, 4) is 0 Å². The van der Waals surface area contributed by atoms with Gasteiger partial charge in [-0.25, -0.2) is 0 Å². The van der Waals surface area contributed by atoms with Gasteiger partial charge in [-0.05, 0) is 19.3 Å². The molecule has 0 N–H and O–H groups in total. The van der Waals surface area contributed by atoms with Gasteiger partial charge in [-0.15, -0.1) is 0 Å². The van der Waals surface area contributed by atoms with Crippen LogP contribution in [-0.2, 0) is 9.53 Å². The number of esters is 1. The summed E-state index contributed by atoms with van der Waals surface area (Å²) in [5.41, 5.74) is 0. The average molecular weight is 321 g/mol. The van der Waals surface area contributed by atoms with Crippen molar-refractivity contribution >= 4 is 21.9 Å². The van der Waals surface area contributed by atoms with Gasteiger partial charge in [-0.1, -0.05) is 67.8 Å². The molecule has 0 aliphatic rings. The second-order valence-electron chi connectivity index (χ2n) is 4.84. The SMILES string of the molecule is CCCCCCCCCOC(=O)CCCCCBr. The first-order valence-electron chi connectivity index (χ1n) is 7.52. The van der Waals surface area contributed by atoms with Gasteiger partial charge in [-0.2, -0.15) is 0 Å². The lowest BCUT2D eigenvalue weighted by Crippen LogP contribution is -2.05. The Morgan fingerprint density at radius 1 is 0.889 bits per heavy atom. The molecule has 0 amide bonds. The van der Waals surface area contributed by atoms with E-state index in [-0.39, 0.29) is 5.97 Å². The summed E-state index contributed by atoms with van der Waals surface area (Å²) < 4.78 is 5.20. The van der Waals surface area contributed by atoms with Crippen LogP contribution < -0.4 is 0 Å². The lowest BCUT2D eigenvalue weighted by atomic mass is 10.1. The second kappa shape index (κ2) is 15.0. The van der Waals surface area contributed by atoms with E-state index in [1.165, 1.54) is 38.5 Å². The van der Waals surface area contributed by atoms with Gasteiger partial charge >= 0.3 is 5.97 Å². The number of carbonyl (C=O) groups excluding carboxylic acids is 1. The highest BCUT2D eigenvalue weighted by atomic mass is 79.9. The van der Waals surface area contributed by atoms with E-state index in [4.69, 9.17) is 4.74 Å². The second-order valence-corrected chi connectivity index (χ2v) is 5.63. The molecular weight excluding hydrogens is 292 g/mol. The number of hydrogen-bond donors (Lipinski definition) is 0. The number of halogens is 1. The molecule has 0 bridgehead atoms. The summed E-state index contributed by atoms with van der Waals surface area (Å²) in [6.45, 7) is 2.85. The number of ether oxygens (including phenoxy) is 1. The van der Waals surface area contributed by atoms with Gasteiger partial charge < -0.3 is 4.74 Å². The van der Waals surface area contributed by atoms with Crippen LogP contribution in [0.5, 0.6) is 0 Å². The van der Waals surface area contributed by atoms with Gasteiger partial charge in [0, 0.05) is 11.8 Å². The summed E-state index contributed by atoms with van der Waals surface area (Å²) in [6, 6.07) is 0. The van der Waals surface area contributed by atoms with Crippen molar-refractivity contribution in [3.05, 3.63) is 0 Å². The maximum absolute atomic E-state index is 11.3. The predicted octanol–water partition coefficient (Wildman–Crippen LogP) is 5.24. The summed E-state index contributed by atoms with van der Waals surface area (Å²) in [6.07, 6.45) is 12.6. The van der Waals surface area contributed by atoms with Crippen LogP contribution >= 0.6 is 15.9 Å². The molecule has 0 atom stereocenters. The highest BCUT2D eigenvalue weighted by molar-refractivity contribution is 9.09. The topological polar surface area (TPSA) is 26.3 Å². The predicted molar refractivity (Wildman–Crippen MR) is 81.2 cm³/mol. The van der Waals surface area contributed by atoms with Crippen molar-refractivity contribution in [2.24, 2.45) is 0 Å². The zero-order valence-electron chi connectivity index (χ0n) is 11.9. The quantitative estimate of drug-likeness (QED) is 0.263. The molecule has 0 aromatic rings. The van der Waals surface area contributed by atoms with Crippen molar-refractivity contribution in [1.29, 1.82) is 0 Å². The number of alkyl halides is 1. The molecule has 0 unspecified atom stereocenters. The summed E-state index contributed by atoms with van der Waals surface area (Å²) in [4.78, 5) is 11.3. The number of unbranched alkanes of at least 4 members (excludes halogenated alkanes) is 8. The lowest BCUT2D eigenvalue weighted by molar-refractivity contribution is -0.143. The summed E-state index contributed by atoms with van der Waals surface area (Å²) in [5.74, 6) is -0.0180. The molecule has 0 aliphatic carbocycles. The van der Waals surface area contributed by atoms with Crippen molar-refractivity contribution in [2.75, 3.05) is 11.9 Å². The number of carbonyl (C=O) groups is 1. The Labute approximate surface area is 121 Å². The van der Waals surface area contributed by atoms with E-state index in [0.717, 1.165) is 31.0 Å². The maximum atomic E-state index is 11.3. The van der Waals surface area contributed by atoms with Gasteiger partial charge in [0.15, 0.2) is 0 Å². The van der Waals surface area contributed by atoms with Gasteiger partial charge in [0.2, 0.25) is 0 Å². The van der Waals surface area contributed by atoms with Crippen molar-refractivity contribution < 1.29 is 9.53 Å². The van der Waals surface area contributed by atoms with Crippen LogP contribution in [0.25, 0.3) is 0 Å². The highest BCUT2D eigenvalue weighted by Gasteiger charge is 2.01. The molecule has 0 heterocycles. The van der Waals surface area contributed by atoms with Crippen molar-refractivity contribution in [3.63, 3.8) is 0 Å². The minimum atomic E-state index is -0.0180. The molecule has 0 aliphatic heterocycles. The monoisotopic (exact) mass is 320 g/mol. The average Bonchev–Trinajstić information content (AvgIpc) is 2.38. The molecule has 0 aromatic heterocycles. The highest BCUT2D eigenvalue weighted by Crippen LogP contribution is 2.07. The smallest absolute Gasteiger partial charge is 0.305 e. The molecule has 0 radical (unpaired) electrons. The zero-order chi connectivity index (χ0) is 13.5. The van der Waals surface area contributed by atoms with E-state index in [1.54, 1.807) is 0 Å². The summed E-state index contributed by atoms with van der Waals surface area (Å²) in [7, 11) is 0. The minimum absolute atomic E-state index is 0.0180. The fraction of sp³-hybridized carbons (Fsp3) is 0.933. The van der Waals surface area contributed by atoms with Crippen LogP contribution in [0.1, 0.15) is 77.6 Å². The molecule has 18 heavy (non-hydrogen) atoms.